The van der Waals surface area contributed by atoms with E-state index in [1.54, 1.807) is 26.5 Å². The van der Waals surface area contributed by atoms with Gasteiger partial charge in [-0.3, -0.25) is 9.78 Å². The molecule has 6 heteroatoms. The number of methoxy groups -OCH3 is 2. The molecule has 0 atom stereocenters. The monoisotopic (exact) mass is 281 g/mol. The summed E-state index contributed by atoms with van der Waals surface area (Å²) in [4.78, 5) is 15.9. The lowest BCUT2D eigenvalue weighted by Crippen LogP contribution is -2.26. The van der Waals surface area contributed by atoms with Crippen molar-refractivity contribution in [3.05, 3.63) is 24.0 Å². The molecule has 112 valence electrons. The van der Waals surface area contributed by atoms with E-state index in [0.29, 0.717) is 25.5 Å². The Bertz CT molecular complexity index is 399. The van der Waals surface area contributed by atoms with Crippen molar-refractivity contribution in [3.8, 4) is 0 Å². The fourth-order valence-corrected chi connectivity index (χ4v) is 1.62. The Morgan fingerprint density at radius 2 is 1.90 bits per heavy atom. The third-order valence-corrected chi connectivity index (χ3v) is 2.66. The first kappa shape index (κ1) is 16.4. The summed E-state index contributed by atoms with van der Waals surface area (Å²) in [6.07, 6.45) is 3.33. The van der Waals surface area contributed by atoms with E-state index < -0.39 is 0 Å². The van der Waals surface area contributed by atoms with Crippen LogP contribution in [0.5, 0.6) is 0 Å². The van der Waals surface area contributed by atoms with Crippen LogP contribution in [-0.4, -0.2) is 51.4 Å². The maximum Gasteiger partial charge on any atom is 0.269 e. The maximum atomic E-state index is 11.9. The normalized spacial score (nSPS) is 10.3. The highest BCUT2D eigenvalue weighted by atomic mass is 16.5. The minimum Gasteiger partial charge on any atom is -0.385 e. The van der Waals surface area contributed by atoms with Gasteiger partial charge >= 0.3 is 0 Å². The fraction of sp³-hybridized carbons (Fsp3) is 0.571. The number of nitrogens with zero attached hydrogens (tertiary/aromatic N) is 1. The van der Waals surface area contributed by atoms with E-state index >= 15 is 0 Å². The Morgan fingerprint density at radius 3 is 2.60 bits per heavy atom. The van der Waals surface area contributed by atoms with Gasteiger partial charge in [-0.1, -0.05) is 0 Å². The summed E-state index contributed by atoms with van der Waals surface area (Å²) in [5, 5.41) is 6.04. The molecule has 1 amide bonds. The number of nitrogens with one attached hydrogen (secondary N) is 2. The van der Waals surface area contributed by atoms with Crippen LogP contribution in [0.1, 0.15) is 23.3 Å². The van der Waals surface area contributed by atoms with Crippen LogP contribution >= 0.6 is 0 Å². The van der Waals surface area contributed by atoms with E-state index in [2.05, 4.69) is 15.6 Å². The number of hydrogen-bond donors (Lipinski definition) is 2. The Hall–Kier alpha value is -1.66. The van der Waals surface area contributed by atoms with E-state index in [1.807, 2.05) is 6.07 Å². The molecule has 0 fully saturated rings. The molecule has 0 aliphatic heterocycles. The molecule has 0 aliphatic rings. The van der Waals surface area contributed by atoms with Gasteiger partial charge in [0.05, 0.1) is 0 Å². The summed E-state index contributed by atoms with van der Waals surface area (Å²) >= 11 is 0. The first-order chi connectivity index (χ1) is 9.77. The standard InChI is InChI=1S/C14H23N3O3/c1-19-9-3-6-15-12-5-8-16-13(11-12)14(18)17-7-4-10-20-2/h5,8,11H,3-4,6-7,9-10H2,1-2H3,(H,15,16)(H,17,18). The zero-order valence-corrected chi connectivity index (χ0v) is 12.1. The summed E-state index contributed by atoms with van der Waals surface area (Å²) in [7, 11) is 3.32. The van der Waals surface area contributed by atoms with E-state index in [1.165, 1.54) is 0 Å². The van der Waals surface area contributed by atoms with Crippen molar-refractivity contribution in [1.82, 2.24) is 10.3 Å². The fourth-order valence-electron chi connectivity index (χ4n) is 1.62. The van der Waals surface area contributed by atoms with Crippen LogP contribution in [0.15, 0.2) is 18.3 Å². The second kappa shape index (κ2) is 10.2. The van der Waals surface area contributed by atoms with Crippen molar-refractivity contribution in [2.24, 2.45) is 0 Å². The summed E-state index contributed by atoms with van der Waals surface area (Å²) in [5.74, 6) is -0.165. The number of pyridine rings is 1. The van der Waals surface area contributed by atoms with Crippen LogP contribution in [0.25, 0.3) is 0 Å². The molecule has 0 spiro atoms. The lowest BCUT2D eigenvalue weighted by atomic mass is 10.3. The molecule has 0 unspecified atom stereocenters. The topological polar surface area (TPSA) is 72.5 Å². The molecular weight excluding hydrogens is 258 g/mol. The second-order valence-electron chi connectivity index (χ2n) is 4.31. The Labute approximate surface area is 119 Å². The average molecular weight is 281 g/mol. The van der Waals surface area contributed by atoms with Crippen molar-refractivity contribution < 1.29 is 14.3 Å². The van der Waals surface area contributed by atoms with Crippen LogP contribution in [0.4, 0.5) is 5.69 Å². The molecule has 6 nitrogen and oxygen atoms in total. The second-order valence-corrected chi connectivity index (χ2v) is 4.31. The number of anilines is 1. The third-order valence-electron chi connectivity index (χ3n) is 2.66. The van der Waals surface area contributed by atoms with Gasteiger partial charge in [-0.15, -0.1) is 0 Å². The maximum absolute atomic E-state index is 11.9. The number of hydrogen-bond acceptors (Lipinski definition) is 5. The molecule has 1 heterocycles. The van der Waals surface area contributed by atoms with Gasteiger partial charge in [-0.25, -0.2) is 0 Å². The molecule has 1 aromatic rings. The van der Waals surface area contributed by atoms with Gasteiger partial charge < -0.3 is 20.1 Å². The van der Waals surface area contributed by atoms with Gasteiger partial charge in [0.25, 0.3) is 5.91 Å². The molecule has 0 aliphatic carbocycles. The van der Waals surface area contributed by atoms with E-state index in [-0.39, 0.29) is 5.91 Å². The molecule has 0 bridgehead atoms. The minimum atomic E-state index is -0.165. The van der Waals surface area contributed by atoms with Gasteiger partial charge in [0.15, 0.2) is 0 Å². The van der Waals surface area contributed by atoms with Crippen molar-refractivity contribution in [2.45, 2.75) is 12.8 Å². The van der Waals surface area contributed by atoms with E-state index in [4.69, 9.17) is 9.47 Å². The number of carbonyl (C=O) groups excluding carboxylic acids is 1. The number of amides is 1. The third kappa shape index (κ3) is 6.49. The molecule has 20 heavy (non-hydrogen) atoms. The van der Waals surface area contributed by atoms with Crippen LogP contribution in [-0.2, 0) is 9.47 Å². The zero-order valence-electron chi connectivity index (χ0n) is 12.1. The van der Waals surface area contributed by atoms with Crippen molar-refractivity contribution in [3.63, 3.8) is 0 Å². The lowest BCUT2D eigenvalue weighted by Gasteiger charge is -2.08. The molecule has 0 saturated heterocycles. The summed E-state index contributed by atoms with van der Waals surface area (Å²) in [6.45, 7) is 2.73. The van der Waals surface area contributed by atoms with Crippen LogP contribution in [0.2, 0.25) is 0 Å². The zero-order chi connectivity index (χ0) is 14.6. The predicted molar refractivity (Wildman–Crippen MR) is 78.0 cm³/mol. The van der Waals surface area contributed by atoms with Gasteiger partial charge in [0, 0.05) is 52.4 Å². The highest BCUT2D eigenvalue weighted by Gasteiger charge is 2.06. The van der Waals surface area contributed by atoms with Crippen LogP contribution in [0.3, 0.4) is 0 Å². The lowest BCUT2D eigenvalue weighted by molar-refractivity contribution is 0.0943. The molecule has 2 N–H and O–H groups in total. The molecule has 1 aromatic heterocycles. The first-order valence-electron chi connectivity index (χ1n) is 6.74. The number of aromatic nitrogens is 1. The summed E-state index contributed by atoms with van der Waals surface area (Å²) in [6, 6.07) is 3.59. The van der Waals surface area contributed by atoms with Crippen LogP contribution < -0.4 is 10.6 Å². The van der Waals surface area contributed by atoms with Crippen molar-refractivity contribution in [1.29, 1.82) is 0 Å². The number of ether oxygens (including phenoxy) is 2. The summed E-state index contributed by atoms with van der Waals surface area (Å²) < 4.78 is 9.90. The average Bonchev–Trinajstić information content (AvgIpc) is 2.48. The molecular formula is C14H23N3O3. The molecule has 0 aromatic carbocycles. The summed E-state index contributed by atoms with van der Waals surface area (Å²) in [5.41, 5.74) is 1.30. The highest BCUT2D eigenvalue weighted by Crippen LogP contribution is 2.07. The SMILES string of the molecule is COCCCNC(=O)c1cc(NCCCOC)ccn1. The Kier molecular flexibility index (Phi) is 8.33. The Morgan fingerprint density at radius 1 is 1.20 bits per heavy atom. The number of carbonyl (C=O) groups is 1. The quantitative estimate of drug-likeness (QED) is 0.632. The number of rotatable bonds is 10. The Balaban J connectivity index is 2.39. The smallest absolute Gasteiger partial charge is 0.269 e. The molecule has 1 rings (SSSR count). The minimum absolute atomic E-state index is 0.165. The largest absolute Gasteiger partial charge is 0.385 e. The first-order valence-corrected chi connectivity index (χ1v) is 6.74. The van der Waals surface area contributed by atoms with Gasteiger partial charge in [0.2, 0.25) is 0 Å². The van der Waals surface area contributed by atoms with Gasteiger partial charge in [-0.2, -0.15) is 0 Å². The van der Waals surface area contributed by atoms with Crippen molar-refractivity contribution >= 4 is 11.6 Å². The highest BCUT2D eigenvalue weighted by molar-refractivity contribution is 5.93. The molecule has 0 radical (unpaired) electrons. The predicted octanol–water partition coefficient (Wildman–Crippen LogP) is 1.30. The van der Waals surface area contributed by atoms with Gasteiger partial charge in [-0.05, 0) is 25.0 Å². The van der Waals surface area contributed by atoms with Gasteiger partial charge in [0.1, 0.15) is 5.69 Å². The van der Waals surface area contributed by atoms with Crippen LogP contribution in [0, 0.1) is 0 Å². The molecule has 0 saturated carbocycles. The van der Waals surface area contributed by atoms with E-state index in [0.717, 1.165) is 25.1 Å². The van der Waals surface area contributed by atoms with Crippen molar-refractivity contribution in [2.75, 3.05) is 45.8 Å². The van der Waals surface area contributed by atoms with E-state index in [9.17, 15) is 4.79 Å².